The van der Waals surface area contributed by atoms with Gasteiger partial charge in [0.1, 0.15) is 0 Å². The average molecular weight is 679 g/mol. The van der Waals surface area contributed by atoms with Crippen LogP contribution < -0.4 is 5.32 Å². The van der Waals surface area contributed by atoms with Crippen LogP contribution in [0.4, 0.5) is 18.9 Å². The molecule has 3 aromatic carbocycles. The third kappa shape index (κ3) is 7.13. The van der Waals surface area contributed by atoms with E-state index in [2.05, 4.69) is 5.32 Å². The summed E-state index contributed by atoms with van der Waals surface area (Å²) in [5.41, 5.74) is -0.399. The van der Waals surface area contributed by atoms with Crippen LogP contribution in [0.5, 0.6) is 0 Å². The summed E-state index contributed by atoms with van der Waals surface area (Å²) in [6, 6.07) is 14.9. The summed E-state index contributed by atoms with van der Waals surface area (Å²) in [6.07, 6.45) is 1.87. The molecule has 0 aromatic heterocycles. The molecule has 7 nitrogen and oxygen atoms in total. The lowest BCUT2D eigenvalue weighted by Crippen LogP contribution is -2.51. The number of sulfone groups is 1. The van der Waals surface area contributed by atoms with E-state index in [1.54, 1.807) is 5.06 Å². The van der Waals surface area contributed by atoms with Gasteiger partial charge in [0.15, 0.2) is 27.3 Å². The fourth-order valence-corrected chi connectivity index (χ4v) is 9.94. The molecule has 248 valence electrons. The van der Waals surface area contributed by atoms with E-state index < -0.39 is 44.0 Å². The molecule has 0 spiro atoms. The summed E-state index contributed by atoms with van der Waals surface area (Å²) in [6.45, 7) is 5.02. The van der Waals surface area contributed by atoms with Crippen molar-refractivity contribution in [2.45, 2.75) is 61.8 Å². The van der Waals surface area contributed by atoms with Crippen LogP contribution in [0.2, 0.25) is 5.02 Å². The Morgan fingerprint density at radius 3 is 2.26 bits per heavy atom. The lowest BCUT2D eigenvalue weighted by Gasteiger charge is -2.46. The van der Waals surface area contributed by atoms with Gasteiger partial charge in [0, 0.05) is 37.0 Å². The van der Waals surface area contributed by atoms with E-state index in [1.807, 2.05) is 51.2 Å². The number of nitrogens with one attached hydrogen (secondary N) is 1. The number of aliphatic hydroxyl groups is 1. The second-order valence-corrected chi connectivity index (χ2v) is 15.3. The van der Waals surface area contributed by atoms with Gasteiger partial charge in [0.25, 0.3) is 5.91 Å². The molecule has 0 radical (unpaired) electrons. The van der Waals surface area contributed by atoms with Gasteiger partial charge in [0.2, 0.25) is 0 Å². The van der Waals surface area contributed by atoms with Crippen LogP contribution in [0, 0.1) is 41.1 Å². The molecule has 2 aliphatic rings. The zero-order valence-corrected chi connectivity index (χ0v) is 27.4. The van der Waals surface area contributed by atoms with E-state index in [9.17, 15) is 31.5 Å². The van der Waals surface area contributed by atoms with E-state index in [-0.39, 0.29) is 44.8 Å². The van der Waals surface area contributed by atoms with Gasteiger partial charge < -0.3 is 10.4 Å². The van der Waals surface area contributed by atoms with Crippen molar-refractivity contribution in [3.05, 3.63) is 94.3 Å². The first kappa shape index (κ1) is 34.4. The smallest absolute Gasteiger partial charge is 0.255 e. The van der Waals surface area contributed by atoms with E-state index in [4.69, 9.17) is 16.4 Å². The molecular formula is C34H38ClF3N2O5S. The minimum atomic E-state index is -4.05. The number of carbonyl (C=O) groups excluding carboxylic acids is 1. The number of benzene rings is 3. The maximum atomic E-state index is 14.1. The molecule has 2 N–H and O–H groups in total. The highest BCUT2D eigenvalue weighted by atomic mass is 35.5. The molecule has 0 aliphatic heterocycles. The number of nitrogens with zero attached hydrogens (tertiary/aromatic N) is 1. The Kier molecular flexibility index (Phi) is 10.2. The average Bonchev–Trinajstić information content (AvgIpc) is 3.31. The molecule has 3 aromatic rings. The Morgan fingerprint density at radius 1 is 1.04 bits per heavy atom. The number of carbonyl (C=O) groups is 1. The molecule has 5 unspecified atom stereocenters. The second kappa shape index (κ2) is 13.6. The summed E-state index contributed by atoms with van der Waals surface area (Å²) >= 11 is 6.38. The molecule has 2 aliphatic carbocycles. The van der Waals surface area contributed by atoms with Crippen LogP contribution in [0.25, 0.3) is 0 Å². The minimum Gasteiger partial charge on any atom is -0.390 e. The number of hydroxylamine groups is 2. The molecular weight excluding hydrogens is 641 g/mol. The fraction of sp³-hybridized carbons (Fsp3) is 0.441. The van der Waals surface area contributed by atoms with E-state index in [0.29, 0.717) is 51.0 Å². The Bertz CT molecular complexity index is 1660. The van der Waals surface area contributed by atoms with Crippen molar-refractivity contribution in [2.24, 2.45) is 23.7 Å². The van der Waals surface area contributed by atoms with Crippen molar-refractivity contribution in [1.82, 2.24) is 5.06 Å². The number of fused-ring (bicyclic) bond motifs is 2. The molecule has 5 rings (SSSR count). The minimum absolute atomic E-state index is 0.0107. The molecule has 1 amide bonds. The number of anilines is 1. The zero-order chi connectivity index (χ0) is 33.4. The lowest BCUT2D eigenvalue weighted by atomic mass is 9.68. The first-order valence-electron chi connectivity index (χ1n) is 15.3. The van der Waals surface area contributed by atoms with E-state index in [1.165, 1.54) is 12.1 Å². The third-order valence-corrected chi connectivity index (χ3v) is 12.6. The quantitative estimate of drug-likeness (QED) is 0.167. The monoisotopic (exact) mass is 678 g/mol. The molecule has 0 saturated heterocycles. The highest BCUT2D eigenvalue weighted by Gasteiger charge is 2.56. The van der Waals surface area contributed by atoms with Crippen molar-refractivity contribution >= 4 is 33.0 Å². The number of rotatable bonds is 11. The highest BCUT2D eigenvalue weighted by molar-refractivity contribution is 7.92. The molecule has 2 saturated carbocycles. The van der Waals surface area contributed by atoms with Crippen molar-refractivity contribution < 1.29 is 36.3 Å². The van der Waals surface area contributed by atoms with Crippen LogP contribution in [0.1, 0.15) is 55.5 Å². The van der Waals surface area contributed by atoms with E-state index >= 15 is 0 Å². The summed E-state index contributed by atoms with van der Waals surface area (Å²) < 4.78 is 68.9. The lowest BCUT2D eigenvalue weighted by molar-refractivity contribution is -0.172. The zero-order valence-electron chi connectivity index (χ0n) is 25.9. The normalized spacial score (nSPS) is 24.2. The first-order valence-corrected chi connectivity index (χ1v) is 17.2. The standard InChI is InChI=1S/C34H38ClF3N2O5S/c1-20(19-45-40(3)18-22-7-5-4-6-8-22)21(2)34(42)16-24-9-10-25(17-34)32(24)46(43,44)30-13-23(11-12-27(30)35)33(41)39-26-14-28(36)31(38)29(37)15-26/h4-8,11-15,20-21,24-25,32,42H,9-10,16-19H2,1-3H3,(H,39,41)/t20?,21?,24-,25?,32?,34?/m0/s1. The largest absolute Gasteiger partial charge is 0.390 e. The number of amides is 1. The van der Waals surface area contributed by atoms with Crippen LogP contribution in [0.3, 0.4) is 0 Å². The van der Waals surface area contributed by atoms with Gasteiger partial charge in [-0.2, -0.15) is 5.06 Å². The summed E-state index contributed by atoms with van der Waals surface area (Å²) in [4.78, 5) is 18.7. The molecule has 12 heteroatoms. The maximum absolute atomic E-state index is 14.1. The number of halogens is 4. The number of hydrogen-bond acceptors (Lipinski definition) is 6. The van der Waals surface area contributed by atoms with Gasteiger partial charge in [-0.25, -0.2) is 21.6 Å². The molecule has 2 fully saturated rings. The topological polar surface area (TPSA) is 95.9 Å². The van der Waals surface area contributed by atoms with Crippen molar-refractivity contribution in [3.8, 4) is 0 Å². The van der Waals surface area contributed by atoms with Crippen LogP contribution in [0.15, 0.2) is 65.6 Å². The Hall–Kier alpha value is -2.96. The Morgan fingerprint density at radius 2 is 1.65 bits per heavy atom. The highest BCUT2D eigenvalue weighted by Crippen LogP contribution is 2.54. The Labute approximate surface area is 272 Å². The maximum Gasteiger partial charge on any atom is 0.255 e. The van der Waals surface area contributed by atoms with E-state index in [0.717, 1.165) is 11.6 Å². The second-order valence-electron chi connectivity index (χ2n) is 12.8. The number of hydrogen-bond donors (Lipinski definition) is 2. The SMILES string of the molecule is CC(CON(C)Cc1ccccc1)C(C)C1(O)CC2CC[C@@H](C1)C2S(=O)(=O)c1cc(C(=O)Nc2cc(F)c(F)c(F)c2)ccc1Cl. The molecule has 0 heterocycles. The summed E-state index contributed by atoms with van der Waals surface area (Å²) in [5.74, 6) is -6.28. The molecule has 46 heavy (non-hydrogen) atoms. The summed E-state index contributed by atoms with van der Waals surface area (Å²) in [5, 5.41) is 15.1. The first-order chi connectivity index (χ1) is 21.7. The van der Waals surface area contributed by atoms with Crippen molar-refractivity contribution in [3.63, 3.8) is 0 Å². The summed E-state index contributed by atoms with van der Waals surface area (Å²) in [7, 11) is -2.19. The van der Waals surface area contributed by atoms with Crippen molar-refractivity contribution in [1.29, 1.82) is 0 Å². The predicted molar refractivity (Wildman–Crippen MR) is 169 cm³/mol. The van der Waals surface area contributed by atoms with Crippen molar-refractivity contribution in [2.75, 3.05) is 19.0 Å². The van der Waals surface area contributed by atoms with Crippen LogP contribution in [-0.4, -0.2) is 49.0 Å². The van der Waals surface area contributed by atoms with Gasteiger partial charge in [-0.1, -0.05) is 55.8 Å². The van der Waals surface area contributed by atoms with Gasteiger partial charge >= 0.3 is 0 Å². The van der Waals surface area contributed by atoms with Gasteiger partial charge in [-0.15, -0.1) is 0 Å². The third-order valence-electron chi connectivity index (χ3n) is 9.68. The molecule has 2 bridgehead atoms. The Balaban J connectivity index is 1.27. The fourth-order valence-electron chi connectivity index (χ4n) is 7.09. The van der Waals surface area contributed by atoms with Crippen LogP contribution >= 0.6 is 11.6 Å². The predicted octanol–water partition coefficient (Wildman–Crippen LogP) is 7.04. The van der Waals surface area contributed by atoms with Gasteiger partial charge in [0.05, 0.1) is 27.4 Å². The van der Waals surface area contributed by atoms with Gasteiger partial charge in [-0.3, -0.25) is 9.63 Å². The molecule has 6 atom stereocenters. The van der Waals surface area contributed by atoms with Crippen LogP contribution in [-0.2, 0) is 21.2 Å². The van der Waals surface area contributed by atoms with Gasteiger partial charge in [-0.05, 0) is 73.1 Å².